The van der Waals surface area contributed by atoms with Crippen LogP contribution in [0.4, 0.5) is 0 Å². The molecule has 0 amide bonds. The zero-order chi connectivity index (χ0) is 42.8. The van der Waals surface area contributed by atoms with Crippen LogP contribution in [0.15, 0.2) is 72.0 Å². The van der Waals surface area contributed by atoms with Crippen molar-refractivity contribution in [3.63, 3.8) is 0 Å². The summed E-state index contributed by atoms with van der Waals surface area (Å²) in [4.78, 5) is 28.3. The normalized spacial score (nSPS) is 21.8. The van der Waals surface area contributed by atoms with Gasteiger partial charge < -0.3 is 15.0 Å². The minimum absolute atomic E-state index is 0.0413. The van der Waals surface area contributed by atoms with Gasteiger partial charge in [-0.3, -0.25) is 4.99 Å². The number of nitrogens with zero attached hydrogens (tertiary/aromatic N) is 3. The Morgan fingerprint density at radius 1 is 0.367 bits per heavy atom. The van der Waals surface area contributed by atoms with Crippen molar-refractivity contribution in [1.82, 2.24) is 15.0 Å². The van der Waals surface area contributed by atoms with Crippen molar-refractivity contribution in [2.24, 2.45) is 15.0 Å². The highest BCUT2D eigenvalue weighted by atomic mass is 14.9. The molecule has 6 nitrogen and oxygen atoms in total. The van der Waals surface area contributed by atoms with E-state index >= 15 is 0 Å². The van der Waals surface area contributed by atoms with Gasteiger partial charge in [-0.1, -0.05) is 83.1 Å². The SMILES string of the molecule is CCC1=C(CC)/C2=C/C3N=C(/C=C4N=C(/C=c5\[nH]/c(c(CC)c5CC)=C\c5[nH]c(c(CC)c5CC)/C=c5\[nH]/c(c(CC)c5CC)=C\C1=N2)C(CC)=C/4CC)C(CC)=C3CC. The second-order valence-corrected chi connectivity index (χ2v) is 16.5. The van der Waals surface area contributed by atoms with E-state index in [1.54, 1.807) is 0 Å². The highest BCUT2D eigenvalue weighted by Gasteiger charge is 2.29. The molecule has 0 spiro atoms. The minimum atomic E-state index is -0.0413. The van der Waals surface area contributed by atoms with Gasteiger partial charge in [-0.15, -0.1) is 0 Å². The third-order valence-electron chi connectivity index (χ3n) is 13.6. The Morgan fingerprint density at radius 3 is 1.17 bits per heavy atom. The fraction of sp³-hybridized carbons (Fsp3) is 0.463. The molecule has 12 bridgehead atoms. The van der Waals surface area contributed by atoms with Crippen LogP contribution in [0.25, 0.3) is 24.3 Å². The third-order valence-corrected chi connectivity index (χ3v) is 13.6. The Morgan fingerprint density at radius 2 is 0.767 bits per heavy atom. The molecule has 0 saturated heterocycles. The molecule has 3 aromatic heterocycles. The fourth-order valence-electron chi connectivity index (χ4n) is 10.8. The molecule has 0 fully saturated rings. The zero-order valence-corrected chi connectivity index (χ0v) is 38.9. The molecule has 3 aromatic rings. The van der Waals surface area contributed by atoms with E-state index in [0.29, 0.717) is 0 Å². The first-order valence-electron chi connectivity index (χ1n) is 23.7. The Balaban J connectivity index is 1.60. The van der Waals surface area contributed by atoms with Crippen LogP contribution in [0.3, 0.4) is 0 Å². The lowest BCUT2D eigenvalue weighted by Crippen LogP contribution is -2.15. The van der Waals surface area contributed by atoms with Gasteiger partial charge >= 0.3 is 0 Å². The fourth-order valence-corrected chi connectivity index (χ4v) is 10.8. The number of aromatic amines is 3. The topological polar surface area (TPSA) is 84.5 Å². The lowest BCUT2D eigenvalue weighted by Gasteiger charge is -2.10. The molecule has 0 aromatic carbocycles. The predicted octanol–water partition coefficient (Wildman–Crippen LogP) is 10.1. The second kappa shape index (κ2) is 18.3. The first-order chi connectivity index (χ1) is 29.2. The molecule has 1 unspecified atom stereocenters. The minimum Gasteiger partial charge on any atom is -0.355 e. The van der Waals surface area contributed by atoms with E-state index in [1.165, 1.54) is 99.6 Å². The van der Waals surface area contributed by atoms with Crippen LogP contribution in [0, 0.1) is 0 Å². The Kier molecular flexibility index (Phi) is 13.2. The third kappa shape index (κ3) is 7.43. The average molecular weight is 803 g/mol. The van der Waals surface area contributed by atoms with E-state index in [9.17, 15) is 0 Å². The first kappa shape index (κ1) is 43.1. The van der Waals surface area contributed by atoms with Crippen molar-refractivity contribution >= 4 is 41.4 Å². The van der Waals surface area contributed by atoms with Crippen LogP contribution in [-0.2, 0) is 38.5 Å². The molecule has 0 aliphatic carbocycles. The number of nitrogens with one attached hydrogen (secondary N) is 3. The highest BCUT2D eigenvalue weighted by molar-refractivity contribution is 6.24. The first-order valence-corrected chi connectivity index (χ1v) is 23.7. The van der Waals surface area contributed by atoms with Crippen molar-refractivity contribution in [3.8, 4) is 0 Å². The molecule has 7 heterocycles. The summed E-state index contributed by atoms with van der Waals surface area (Å²) < 4.78 is 0. The molecule has 60 heavy (non-hydrogen) atoms. The average Bonchev–Trinajstić information content (AvgIpc) is 4.09. The standard InChI is InChI=1S/C54H70N6/c1-13-31-32(14-2)44-26-46-35(17-5)36(18-6)48(57-46)28-50-39(21-9)40(22-10)52(59-50)30-54-42(24-12)41(23-11)53(60-54)29-51-38(20-8)37(19-7)49(58-51)27-47-34(16-4)33(15-3)45(56-47)25-43(31)55-44/h25-30,43,58-60H,13-24H2,1-12H3/b45-25-,46-26+,49-27-,50-28-,51-29-,52-30-. The number of H-pyrrole nitrogens is 3. The van der Waals surface area contributed by atoms with Gasteiger partial charge in [0.2, 0.25) is 0 Å². The van der Waals surface area contributed by atoms with Gasteiger partial charge in [-0.05, 0) is 180 Å². The van der Waals surface area contributed by atoms with Crippen molar-refractivity contribution < 1.29 is 0 Å². The van der Waals surface area contributed by atoms with Crippen LogP contribution in [0.2, 0.25) is 0 Å². The van der Waals surface area contributed by atoms with E-state index in [1.807, 2.05) is 0 Å². The van der Waals surface area contributed by atoms with Crippen LogP contribution in [0.5, 0.6) is 0 Å². The molecule has 6 heteroatoms. The second-order valence-electron chi connectivity index (χ2n) is 16.5. The Bertz CT molecular complexity index is 2710. The molecule has 4 aliphatic heterocycles. The largest absolute Gasteiger partial charge is 0.355 e. The lowest BCUT2D eigenvalue weighted by atomic mass is 9.94. The molecule has 1 atom stereocenters. The van der Waals surface area contributed by atoms with Crippen LogP contribution >= 0.6 is 0 Å². The summed E-state index contributed by atoms with van der Waals surface area (Å²) in [6.07, 6.45) is 25.5. The van der Waals surface area contributed by atoms with Crippen molar-refractivity contribution in [1.29, 1.82) is 0 Å². The molecule has 3 N–H and O–H groups in total. The number of allylic oxidation sites excluding steroid dienone is 6. The van der Waals surface area contributed by atoms with Gasteiger partial charge in [-0.2, -0.15) is 0 Å². The maximum atomic E-state index is 5.52. The number of rotatable bonds is 12. The van der Waals surface area contributed by atoms with Crippen LogP contribution < -0.4 is 21.4 Å². The number of aliphatic imine (C=N–C) groups is 3. The Labute approximate surface area is 359 Å². The summed E-state index contributed by atoms with van der Waals surface area (Å²) in [6, 6.07) is -0.0413. The van der Waals surface area contributed by atoms with E-state index in [0.717, 1.165) is 106 Å². The number of hydrogen-bond acceptors (Lipinski definition) is 3. The molecule has 7 rings (SSSR count). The molecule has 316 valence electrons. The number of hydrogen-bond donors (Lipinski definition) is 3. The molecular formula is C54H70N6. The number of aromatic nitrogens is 3. The van der Waals surface area contributed by atoms with Gasteiger partial charge in [0.05, 0.1) is 34.6 Å². The summed E-state index contributed by atoms with van der Waals surface area (Å²) in [7, 11) is 0. The smallest absolute Gasteiger partial charge is 0.0927 e. The lowest BCUT2D eigenvalue weighted by molar-refractivity contribution is 0.881. The monoisotopic (exact) mass is 803 g/mol. The van der Waals surface area contributed by atoms with Gasteiger partial charge in [0.1, 0.15) is 0 Å². The van der Waals surface area contributed by atoms with Gasteiger partial charge in [0, 0.05) is 32.8 Å². The Hall–Kier alpha value is -4.97. The molecule has 4 aliphatic rings. The maximum absolute atomic E-state index is 5.52. The summed E-state index contributed by atoms with van der Waals surface area (Å²) in [5.41, 5.74) is 24.3. The van der Waals surface area contributed by atoms with Crippen LogP contribution in [-0.4, -0.2) is 38.1 Å². The maximum Gasteiger partial charge on any atom is 0.0927 e. The van der Waals surface area contributed by atoms with Crippen molar-refractivity contribution in [3.05, 3.63) is 123 Å². The van der Waals surface area contributed by atoms with Crippen molar-refractivity contribution in [2.75, 3.05) is 0 Å². The molecule has 0 radical (unpaired) electrons. The van der Waals surface area contributed by atoms with E-state index in [-0.39, 0.29) is 6.04 Å². The van der Waals surface area contributed by atoms with E-state index < -0.39 is 0 Å². The number of fused-ring (bicyclic) bond motifs is 9. The van der Waals surface area contributed by atoms with Gasteiger partial charge in [-0.25, -0.2) is 9.98 Å². The predicted molar refractivity (Wildman–Crippen MR) is 258 cm³/mol. The molecular weight excluding hydrogens is 733 g/mol. The zero-order valence-electron chi connectivity index (χ0n) is 38.9. The van der Waals surface area contributed by atoms with E-state index in [4.69, 9.17) is 15.0 Å². The summed E-state index contributed by atoms with van der Waals surface area (Å²) >= 11 is 0. The quantitative estimate of drug-likeness (QED) is 0.163. The van der Waals surface area contributed by atoms with Gasteiger partial charge in [0.25, 0.3) is 0 Å². The van der Waals surface area contributed by atoms with E-state index in [2.05, 4.69) is 134 Å². The summed E-state index contributed by atoms with van der Waals surface area (Å²) in [5.74, 6) is 0. The summed E-state index contributed by atoms with van der Waals surface area (Å²) in [6.45, 7) is 27.4. The summed E-state index contributed by atoms with van der Waals surface area (Å²) in [5, 5.41) is 4.74. The molecule has 0 saturated carbocycles. The van der Waals surface area contributed by atoms with Crippen molar-refractivity contribution in [2.45, 2.75) is 166 Å². The van der Waals surface area contributed by atoms with Crippen LogP contribution in [0.1, 0.15) is 166 Å². The van der Waals surface area contributed by atoms with Gasteiger partial charge in [0.15, 0.2) is 0 Å². The highest BCUT2D eigenvalue weighted by Crippen LogP contribution is 2.37.